The number of hydrogen-bond donors (Lipinski definition) is 1. The molecule has 0 aliphatic carbocycles. The quantitative estimate of drug-likeness (QED) is 0.463. The Labute approximate surface area is 188 Å². The molecule has 0 fully saturated rings. The van der Waals surface area contributed by atoms with E-state index >= 15 is 0 Å². The summed E-state index contributed by atoms with van der Waals surface area (Å²) in [7, 11) is -3.65. The monoisotopic (exact) mass is 482 g/mol. The summed E-state index contributed by atoms with van der Waals surface area (Å²) < 4.78 is 58.9. The van der Waals surface area contributed by atoms with Crippen molar-refractivity contribution in [1.29, 1.82) is 0 Å². The highest BCUT2D eigenvalue weighted by molar-refractivity contribution is 7.99. The molecule has 2 aromatic carbocycles. The van der Waals surface area contributed by atoms with Crippen LogP contribution in [-0.4, -0.2) is 47.7 Å². The second-order valence-electron chi connectivity index (χ2n) is 6.45. The van der Waals surface area contributed by atoms with Crippen LogP contribution < -0.4 is 5.32 Å². The van der Waals surface area contributed by atoms with Gasteiger partial charge in [-0.2, -0.15) is 4.31 Å². The third-order valence-corrected chi connectivity index (χ3v) is 7.23. The number of halogens is 2. The van der Waals surface area contributed by atoms with E-state index in [4.69, 9.17) is 4.42 Å². The first-order chi connectivity index (χ1) is 15.2. The van der Waals surface area contributed by atoms with E-state index in [0.717, 1.165) is 23.9 Å². The summed E-state index contributed by atoms with van der Waals surface area (Å²) in [6.45, 7) is 4.20. The molecule has 0 saturated carbocycles. The van der Waals surface area contributed by atoms with Crippen LogP contribution in [0.25, 0.3) is 11.5 Å². The molecule has 8 nitrogen and oxygen atoms in total. The summed E-state index contributed by atoms with van der Waals surface area (Å²) in [6, 6.07) is 8.96. The number of hydrogen-bond acceptors (Lipinski definition) is 7. The number of carbonyl (C=O) groups excluding carboxylic acids is 1. The Morgan fingerprint density at radius 2 is 1.88 bits per heavy atom. The maximum atomic E-state index is 13.6. The van der Waals surface area contributed by atoms with Crippen molar-refractivity contribution in [3.63, 3.8) is 0 Å². The van der Waals surface area contributed by atoms with Crippen LogP contribution in [0.5, 0.6) is 0 Å². The molecule has 0 bridgehead atoms. The first kappa shape index (κ1) is 23.8. The molecular formula is C20H20F2N4O4S2. The molecule has 170 valence electrons. The van der Waals surface area contributed by atoms with Crippen molar-refractivity contribution in [3.8, 4) is 11.5 Å². The van der Waals surface area contributed by atoms with Gasteiger partial charge in [-0.05, 0) is 30.3 Å². The molecule has 0 aliphatic heterocycles. The highest BCUT2D eigenvalue weighted by Crippen LogP contribution is 2.26. The van der Waals surface area contributed by atoms with Crippen molar-refractivity contribution in [2.45, 2.75) is 24.0 Å². The van der Waals surface area contributed by atoms with Gasteiger partial charge in [0.2, 0.25) is 21.8 Å². The fraction of sp³-hybridized carbons (Fsp3) is 0.250. The normalized spacial score (nSPS) is 11.7. The number of nitrogens with zero attached hydrogens (tertiary/aromatic N) is 3. The number of sulfonamides is 1. The molecule has 0 aliphatic rings. The summed E-state index contributed by atoms with van der Waals surface area (Å²) in [5, 5.41) is 10.1. The molecule has 0 saturated heterocycles. The number of aromatic nitrogens is 2. The van der Waals surface area contributed by atoms with Gasteiger partial charge in [-0.3, -0.25) is 4.79 Å². The first-order valence-electron chi connectivity index (χ1n) is 9.56. The minimum absolute atomic E-state index is 0.0757. The maximum absolute atomic E-state index is 13.6. The Hall–Kier alpha value is -2.83. The van der Waals surface area contributed by atoms with E-state index in [1.54, 1.807) is 26.0 Å². The lowest BCUT2D eigenvalue weighted by molar-refractivity contribution is -0.113. The van der Waals surface area contributed by atoms with Crippen molar-refractivity contribution < 1.29 is 26.4 Å². The van der Waals surface area contributed by atoms with Crippen LogP contribution in [0.1, 0.15) is 13.8 Å². The number of anilines is 1. The minimum atomic E-state index is -3.65. The van der Waals surface area contributed by atoms with E-state index in [1.807, 2.05) is 0 Å². The molecule has 1 heterocycles. The second kappa shape index (κ2) is 10.2. The van der Waals surface area contributed by atoms with Gasteiger partial charge >= 0.3 is 0 Å². The zero-order chi connectivity index (χ0) is 23.3. The Kier molecular flexibility index (Phi) is 7.59. The standard InChI is InChI=1S/C20H20F2N4O4S2/c1-3-26(4-2)32(28,29)15-7-5-6-13(10-15)19-24-25-20(30-19)31-12-18(27)23-17-9-8-14(21)11-16(17)22/h5-11H,3-4,12H2,1-2H3,(H,23,27). The first-order valence-corrected chi connectivity index (χ1v) is 12.0. The second-order valence-corrected chi connectivity index (χ2v) is 9.32. The summed E-state index contributed by atoms with van der Waals surface area (Å²) in [5.74, 6) is -2.25. The lowest BCUT2D eigenvalue weighted by Gasteiger charge is -2.18. The molecule has 0 atom stereocenters. The Balaban J connectivity index is 1.68. The predicted molar refractivity (Wildman–Crippen MR) is 116 cm³/mol. The number of rotatable bonds is 9. The van der Waals surface area contributed by atoms with Gasteiger partial charge in [0, 0.05) is 24.7 Å². The lowest BCUT2D eigenvalue weighted by Crippen LogP contribution is -2.30. The SMILES string of the molecule is CCN(CC)S(=O)(=O)c1cccc(-c2nnc(SCC(=O)Nc3ccc(F)cc3F)o2)c1. The van der Waals surface area contributed by atoms with Crippen molar-refractivity contribution in [3.05, 3.63) is 54.1 Å². The lowest BCUT2D eigenvalue weighted by atomic mass is 10.2. The Bertz CT molecular complexity index is 1210. The van der Waals surface area contributed by atoms with Gasteiger partial charge in [0.25, 0.3) is 5.22 Å². The van der Waals surface area contributed by atoms with Gasteiger partial charge in [-0.25, -0.2) is 17.2 Å². The van der Waals surface area contributed by atoms with E-state index in [2.05, 4.69) is 15.5 Å². The van der Waals surface area contributed by atoms with Crippen molar-refractivity contribution in [2.24, 2.45) is 0 Å². The molecular weight excluding hydrogens is 462 g/mol. The fourth-order valence-corrected chi connectivity index (χ4v) is 4.86. The fourth-order valence-electron chi connectivity index (χ4n) is 2.79. The third-order valence-electron chi connectivity index (χ3n) is 4.36. The van der Waals surface area contributed by atoms with Gasteiger partial charge in [0.05, 0.1) is 16.3 Å². The van der Waals surface area contributed by atoms with E-state index < -0.39 is 27.6 Å². The average molecular weight is 483 g/mol. The Morgan fingerprint density at radius 1 is 1.12 bits per heavy atom. The van der Waals surface area contributed by atoms with Crippen LogP contribution >= 0.6 is 11.8 Å². The average Bonchev–Trinajstić information content (AvgIpc) is 3.24. The summed E-state index contributed by atoms with van der Waals surface area (Å²) in [4.78, 5) is 12.1. The van der Waals surface area contributed by atoms with E-state index in [9.17, 15) is 22.0 Å². The van der Waals surface area contributed by atoms with Gasteiger partial charge in [0.1, 0.15) is 11.6 Å². The van der Waals surface area contributed by atoms with Crippen LogP contribution in [0.15, 0.2) is 57.0 Å². The minimum Gasteiger partial charge on any atom is -0.411 e. The molecule has 0 radical (unpaired) electrons. The molecule has 3 rings (SSSR count). The summed E-state index contributed by atoms with van der Waals surface area (Å²) >= 11 is 0.919. The van der Waals surface area contributed by atoms with Crippen molar-refractivity contribution in [2.75, 3.05) is 24.2 Å². The number of amides is 1. The molecule has 32 heavy (non-hydrogen) atoms. The smallest absolute Gasteiger partial charge is 0.277 e. The zero-order valence-electron chi connectivity index (χ0n) is 17.2. The largest absolute Gasteiger partial charge is 0.411 e. The molecule has 0 spiro atoms. The molecule has 0 unspecified atom stereocenters. The van der Waals surface area contributed by atoms with Crippen LogP contribution in [0.4, 0.5) is 14.5 Å². The maximum Gasteiger partial charge on any atom is 0.277 e. The zero-order valence-corrected chi connectivity index (χ0v) is 18.8. The van der Waals surface area contributed by atoms with Crippen LogP contribution in [0.2, 0.25) is 0 Å². The predicted octanol–water partition coefficient (Wildman–Crippen LogP) is 3.78. The number of nitrogens with one attached hydrogen (secondary N) is 1. The Morgan fingerprint density at radius 3 is 2.56 bits per heavy atom. The van der Waals surface area contributed by atoms with Gasteiger partial charge in [0.15, 0.2) is 0 Å². The van der Waals surface area contributed by atoms with E-state index in [-0.39, 0.29) is 27.4 Å². The van der Waals surface area contributed by atoms with Gasteiger partial charge in [-0.1, -0.05) is 31.7 Å². The van der Waals surface area contributed by atoms with E-state index in [1.165, 1.54) is 16.4 Å². The van der Waals surface area contributed by atoms with Crippen LogP contribution in [0.3, 0.4) is 0 Å². The van der Waals surface area contributed by atoms with Crippen molar-refractivity contribution in [1.82, 2.24) is 14.5 Å². The summed E-state index contributed by atoms with van der Waals surface area (Å²) in [6.07, 6.45) is 0. The highest BCUT2D eigenvalue weighted by atomic mass is 32.2. The number of carbonyl (C=O) groups is 1. The third kappa shape index (κ3) is 5.50. The topological polar surface area (TPSA) is 105 Å². The molecule has 1 aromatic heterocycles. The number of thioether (sulfide) groups is 1. The molecule has 1 N–H and O–H groups in total. The van der Waals surface area contributed by atoms with Crippen LogP contribution in [-0.2, 0) is 14.8 Å². The number of benzene rings is 2. The molecule has 12 heteroatoms. The highest BCUT2D eigenvalue weighted by Gasteiger charge is 2.22. The molecule has 3 aromatic rings. The van der Waals surface area contributed by atoms with Gasteiger partial charge in [-0.15, -0.1) is 10.2 Å². The van der Waals surface area contributed by atoms with Gasteiger partial charge < -0.3 is 9.73 Å². The summed E-state index contributed by atoms with van der Waals surface area (Å²) in [5.41, 5.74) is 0.268. The van der Waals surface area contributed by atoms with E-state index in [0.29, 0.717) is 24.7 Å². The van der Waals surface area contributed by atoms with Crippen molar-refractivity contribution >= 4 is 33.4 Å². The molecule has 1 amide bonds. The van der Waals surface area contributed by atoms with Crippen LogP contribution in [0, 0.1) is 11.6 Å².